The zero-order valence-electron chi connectivity index (χ0n) is 13.1. The Bertz CT molecular complexity index is 314. The van der Waals surface area contributed by atoms with Gasteiger partial charge in [-0.05, 0) is 31.7 Å². The summed E-state index contributed by atoms with van der Waals surface area (Å²) in [6.07, 6.45) is -0.477. The van der Waals surface area contributed by atoms with E-state index in [2.05, 4.69) is 24.1 Å². The first kappa shape index (κ1) is 17.0. The van der Waals surface area contributed by atoms with Crippen LogP contribution in [0.3, 0.4) is 0 Å². The smallest absolute Gasteiger partial charge is 0.313 e. The second-order valence-electron chi connectivity index (χ2n) is 6.58. The maximum atomic E-state index is 12.4. The fourth-order valence-corrected chi connectivity index (χ4v) is 3.76. The van der Waals surface area contributed by atoms with Gasteiger partial charge < -0.3 is 5.32 Å². The highest BCUT2D eigenvalue weighted by molar-refractivity contribution is 4.92. The summed E-state index contributed by atoms with van der Waals surface area (Å²) in [5.74, 6) is 0.720. The lowest BCUT2D eigenvalue weighted by molar-refractivity contribution is -0.150. The van der Waals surface area contributed by atoms with Gasteiger partial charge in [-0.3, -0.25) is 9.80 Å². The van der Waals surface area contributed by atoms with E-state index in [1.807, 2.05) is 0 Å². The number of alkyl halides is 3. The number of nitrogens with one attached hydrogen (secondary N) is 1. The molecule has 1 heterocycles. The zero-order chi connectivity index (χ0) is 15.5. The van der Waals surface area contributed by atoms with Crippen molar-refractivity contribution < 1.29 is 13.2 Å². The van der Waals surface area contributed by atoms with Crippen LogP contribution in [0.2, 0.25) is 0 Å². The van der Waals surface area contributed by atoms with Crippen molar-refractivity contribution in [3.05, 3.63) is 0 Å². The minimum atomic E-state index is -4.08. The van der Waals surface area contributed by atoms with E-state index in [-0.39, 0.29) is 0 Å². The summed E-state index contributed by atoms with van der Waals surface area (Å²) in [5, 5.41) is 3.57. The molecular weight excluding hydrogens is 279 g/mol. The fourth-order valence-electron chi connectivity index (χ4n) is 3.76. The predicted molar refractivity (Wildman–Crippen MR) is 78.3 cm³/mol. The van der Waals surface area contributed by atoms with Crippen molar-refractivity contribution in [1.82, 2.24) is 15.1 Å². The van der Waals surface area contributed by atoms with Crippen molar-refractivity contribution >= 4 is 0 Å². The van der Waals surface area contributed by atoms with E-state index in [4.69, 9.17) is 0 Å². The van der Waals surface area contributed by atoms with Gasteiger partial charge in [-0.25, -0.2) is 0 Å². The molecule has 0 spiro atoms. The summed E-state index contributed by atoms with van der Waals surface area (Å²) in [5.41, 5.74) is 0. The third-order valence-electron chi connectivity index (χ3n) is 4.82. The molecule has 2 fully saturated rings. The fraction of sp³-hybridized carbons (Fsp3) is 1.00. The van der Waals surface area contributed by atoms with E-state index in [0.29, 0.717) is 25.2 Å². The highest BCUT2D eigenvalue weighted by Crippen LogP contribution is 2.29. The maximum Gasteiger partial charge on any atom is 0.401 e. The summed E-state index contributed by atoms with van der Waals surface area (Å²) in [6.45, 7) is 7.19. The van der Waals surface area contributed by atoms with E-state index in [9.17, 15) is 13.2 Å². The summed E-state index contributed by atoms with van der Waals surface area (Å²) in [4.78, 5) is 3.95. The molecule has 3 unspecified atom stereocenters. The van der Waals surface area contributed by atoms with Gasteiger partial charge in [0.2, 0.25) is 0 Å². The molecule has 0 radical (unpaired) electrons. The molecular formula is C15H28F3N3. The molecule has 3 atom stereocenters. The molecule has 0 aromatic carbocycles. The third kappa shape index (κ3) is 5.11. The van der Waals surface area contributed by atoms with Crippen molar-refractivity contribution in [3.63, 3.8) is 0 Å². The van der Waals surface area contributed by atoms with Gasteiger partial charge in [-0.2, -0.15) is 13.2 Å². The molecule has 3 nitrogen and oxygen atoms in total. The lowest BCUT2D eigenvalue weighted by Crippen LogP contribution is -2.59. The first-order valence-electron chi connectivity index (χ1n) is 8.15. The Balaban J connectivity index is 1.87. The second-order valence-corrected chi connectivity index (χ2v) is 6.58. The molecule has 1 aliphatic heterocycles. The predicted octanol–water partition coefficient (Wildman–Crippen LogP) is 2.33. The number of likely N-dealkylation sites (N-methyl/N-ethyl adjacent to an activating group) is 1. The van der Waals surface area contributed by atoms with Crippen LogP contribution in [0, 0.1) is 5.92 Å². The minimum Gasteiger partial charge on any atom is -0.313 e. The minimum absolute atomic E-state index is 0.488. The number of nitrogens with zero attached hydrogens (tertiary/aromatic N) is 2. The van der Waals surface area contributed by atoms with E-state index in [0.717, 1.165) is 32.0 Å². The normalized spacial score (nSPS) is 33.3. The molecule has 0 aromatic rings. The average molecular weight is 307 g/mol. The van der Waals surface area contributed by atoms with Crippen LogP contribution >= 0.6 is 0 Å². The Labute approximate surface area is 125 Å². The standard InChI is InChI=1S/C15H28F3N3/c1-3-19-13-5-4-12(2)10-14(13)21-8-6-20(7-9-21)11-15(16,17)18/h12-14,19H,3-11H2,1-2H3. The van der Waals surface area contributed by atoms with Gasteiger partial charge in [0.15, 0.2) is 0 Å². The lowest BCUT2D eigenvalue weighted by atomic mass is 9.82. The number of piperazine rings is 1. The van der Waals surface area contributed by atoms with Gasteiger partial charge in [0.25, 0.3) is 0 Å². The molecule has 1 saturated heterocycles. The maximum absolute atomic E-state index is 12.4. The molecule has 2 rings (SSSR count). The largest absolute Gasteiger partial charge is 0.401 e. The topological polar surface area (TPSA) is 18.5 Å². The van der Waals surface area contributed by atoms with Crippen LogP contribution in [0.1, 0.15) is 33.1 Å². The quantitative estimate of drug-likeness (QED) is 0.860. The zero-order valence-corrected chi connectivity index (χ0v) is 13.1. The average Bonchev–Trinajstić information content (AvgIpc) is 2.40. The monoisotopic (exact) mass is 307 g/mol. The Kier molecular flexibility index (Phi) is 5.91. The van der Waals surface area contributed by atoms with Crippen molar-refractivity contribution in [3.8, 4) is 0 Å². The van der Waals surface area contributed by atoms with Gasteiger partial charge in [0.05, 0.1) is 6.54 Å². The molecule has 0 bridgehead atoms. The summed E-state index contributed by atoms with van der Waals surface area (Å²) in [6, 6.07) is 0.988. The number of hydrogen-bond acceptors (Lipinski definition) is 3. The van der Waals surface area contributed by atoms with Crippen molar-refractivity contribution in [1.29, 1.82) is 0 Å². The van der Waals surface area contributed by atoms with Crippen LogP contribution in [0.25, 0.3) is 0 Å². The van der Waals surface area contributed by atoms with Gasteiger partial charge in [-0.15, -0.1) is 0 Å². The van der Waals surface area contributed by atoms with E-state index in [1.165, 1.54) is 17.7 Å². The third-order valence-corrected chi connectivity index (χ3v) is 4.82. The van der Waals surface area contributed by atoms with Crippen molar-refractivity contribution in [2.75, 3.05) is 39.3 Å². The molecule has 0 amide bonds. The van der Waals surface area contributed by atoms with Gasteiger partial charge in [0.1, 0.15) is 0 Å². The van der Waals surface area contributed by atoms with Crippen molar-refractivity contribution in [2.45, 2.75) is 51.4 Å². The summed E-state index contributed by atoms with van der Waals surface area (Å²) >= 11 is 0. The van der Waals surface area contributed by atoms with Crippen LogP contribution < -0.4 is 5.32 Å². The van der Waals surface area contributed by atoms with E-state index < -0.39 is 12.7 Å². The molecule has 124 valence electrons. The number of hydrogen-bond donors (Lipinski definition) is 1. The molecule has 1 saturated carbocycles. The van der Waals surface area contributed by atoms with Gasteiger partial charge in [-0.1, -0.05) is 13.8 Å². The molecule has 0 aromatic heterocycles. The van der Waals surface area contributed by atoms with E-state index in [1.54, 1.807) is 0 Å². The van der Waals surface area contributed by atoms with Crippen LogP contribution in [0.15, 0.2) is 0 Å². The summed E-state index contributed by atoms with van der Waals surface area (Å²) < 4.78 is 37.3. The molecule has 21 heavy (non-hydrogen) atoms. The van der Waals surface area contributed by atoms with Crippen LogP contribution in [0.5, 0.6) is 0 Å². The highest BCUT2D eigenvalue weighted by atomic mass is 19.4. The lowest BCUT2D eigenvalue weighted by Gasteiger charge is -2.46. The first-order valence-corrected chi connectivity index (χ1v) is 8.15. The molecule has 6 heteroatoms. The molecule has 2 aliphatic rings. The van der Waals surface area contributed by atoms with E-state index >= 15 is 0 Å². The number of halogens is 3. The summed E-state index contributed by atoms with van der Waals surface area (Å²) in [7, 11) is 0. The van der Waals surface area contributed by atoms with Gasteiger partial charge >= 0.3 is 6.18 Å². The van der Waals surface area contributed by atoms with Crippen LogP contribution in [0.4, 0.5) is 13.2 Å². The Morgan fingerprint density at radius 2 is 1.76 bits per heavy atom. The van der Waals surface area contributed by atoms with Crippen LogP contribution in [-0.4, -0.2) is 67.3 Å². The van der Waals surface area contributed by atoms with Crippen molar-refractivity contribution in [2.24, 2.45) is 5.92 Å². The Morgan fingerprint density at radius 3 is 2.33 bits per heavy atom. The number of rotatable bonds is 4. The SMILES string of the molecule is CCNC1CCC(C)CC1N1CCN(CC(F)(F)F)CC1. The molecule has 1 N–H and O–H groups in total. The highest BCUT2D eigenvalue weighted by Gasteiger charge is 2.36. The Morgan fingerprint density at radius 1 is 1.10 bits per heavy atom. The Hall–Kier alpha value is -0.330. The second kappa shape index (κ2) is 7.29. The first-order chi connectivity index (χ1) is 9.89. The van der Waals surface area contributed by atoms with Gasteiger partial charge in [0, 0.05) is 38.3 Å². The van der Waals surface area contributed by atoms with Crippen LogP contribution in [-0.2, 0) is 0 Å². The molecule has 1 aliphatic carbocycles.